The van der Waals surface area contributed by atoms with Gasteiger partial charge in [-0.1, -0.05) is 13.0 Å². The van der Waals surface area contributed by atoms with Crippen LogP contribution in [0.1, 0.15) is 12.5 Å². The minimum absolute atomic E-state index is 0.865. The molecule has 3 aromatic rings. The average molecular weight is 252 g/mol. The van der Waals surface area contributed by atoms with E-state index in [-0.39, 0.29) is 0 Å². The zero-order valence-electron chi connectivity index (χ0n) is 10.9. The van der Waals surface area contributed by atoms with Crippen molar-refractivity contribution in [2.45, 2.75) is 13.5 Å². The predicted molar refractivity (Wildman–Crippen MR) is 76.7 cm³/mol. The summed E-state index contributed by atoms with van der Waals surface area (Å²) in [4.78, 5) is 12.1. The van der Waals surface area contributed by atoms with Gasteiger partial charge in [0.1, 0.15) is 5.82 Å². The molecular formula is C15H16N4. The second-order valence-corrected chi connectivity index (χ2v) is 4.46. The third-order valence-electron chi connectivity index (χ3n) is 3.06. The highest BCUT2D eigenvalue weighted by molar-refractivity contribution is 5.79. The molecule has 0 aliphatic heterocycles. The van der Waals surface area contributed by atoms with Gasteiger partial charge < -0.3 is 10.3 Å². The molecule has 2 aromatic heterocycles. The first kappa shape index (κ1) is 11.9. The molecule has 0 amide bonds. The monoisotopic (exact) mass is 252 g/mol. The first-order valence-corrected chi connectivity index (χ1v) is 6.46. The zero-order valence-corrected chi connectivity index (χ0v) is 10.9. The van der Waals surface area contributed by atoms with Crippen molar-refractivity contribution in [1.29, 1.82) is 0 Å². The van der Waals surface area contributed by atoms with E-state index < -0.39 is 0 Å². The highest BCUT2D eigenvalue weighted by atomic mass is 14.9. The van der Waals surface area contributed by atoms with Crippen LogP contribution in [0, 0.1) is 0 Å². The van der Waals surface area contributed by atoms with Gasteiger partial charge in [0.05, 0.1) is 11.0 Å². The Hall–Kier alpha value is -2.20. The number of pyridine rings is 1. The Bertz CT molecular complexity index is 673. The minimum Gasteiger partial charge on any atom is -0.338 e. The number of nitrogens with one attached hydrogen (secondary N) is 2. The summed E-state index contributed by atoms with van der Waals surface area (Å²) < 4.78 is 0. The van der Waals surface area contributed by atoms with E-state index in [9.17, 15) is 0 Å². The summed E-state index contributed by atoms with van der Waals surface area (Å²) in [7, 11) is 0. The predicted octanol–water partition coefficient (Wildman–Crippen LogP) is 2.73. The largest absolute Gasteiger partial charge is 0.338 e. The molecular weight excluding hydrogens is 236 g/mol. The number of rotatable bonds is 4. The van der Waals surface area contributed by atoms with Crippen molar-refractivity contribution in [3.63, 3.8) is 0 Å². The Balaban J connectivity index is 1.97. The molecule has 0 unspecified atom stereocenters. The van der Waals surface area contributed by atoms with Crippen molar-refractivity contribution < 1.29 is 0 Å². The number of hydrogen-bond donors (Lipinski definition) is 2. The molecule has 1 aromatic carbocycles. The Morgan fingerprint density at radius 3 is 3.00 bits per heavy atom. The van der Waals surface area contributed by atoms with Crippen LogP contribution < -0.4 is 5.32 Å². The van der Waals surface area contributed by atoms with E-state index >= 15 is 0 Å². The number of hydrogen-bond acceptors (Lipinski definition) is 3. The second-order valence-electron chi connectivity index (χ2n) is 4.46. The highest BCUT2D eigenvalue weighted by Gasteiger charge is 2.05. The molecule has 0 saturated heterocycles. The van der Waals surface area contributed by atoms with Crippen LogP contribution in [0.3, 0.4) is 0 Å². The van der Waals surface area contributed by atoms with E-state index in [1.807, 2.05) is 18.3 Å². The minimum atomic E-state index is 0.865. The van der Waals surface area contributed by atoms with Crippen LogP contribution in [-0.4, -0.2) is 21.5 Å². The van der Waals surface area contributed by atoms with Gasteiger partial charge in [0.2, 0.25) is 0 Å². The second kappa shape index (κ2) is 5.20. The van der Waals surface area contributed by atoms with Crippen LogP contribution in [-0.2, 0) is 6.54 Å². The van der Waals surface area contributed by atoms with E-state index in [4.69, 9.17) is 0 Å². The SMILES string of the molecule is CCNCc1ccc2nc(-c3cccnc3)[nH]c2c1. The summed E-state index contributed by atoms with van der Waals surface area (Å²) in [5.41, 5.74) is 4.32. The van der Waals surface area contributed by atoms with E-state index in [1.54, 1.807) is 6.20 Å². The lowest BCUT2D eigenvalue weighted by Crippen LogP contribution is -2.11. The molecule has 2 N–H and O–H groups in total. The molecule has 19 heavy (non-hydrogen) atoms. The van der Waals surface area contributed by atoms with Gasteiger partial charge in [0, 0.05) is 24.5 Å². The summed E-state index contributed by atoms with van der Waals surface area (Å²) in [6.07, 6.45) is 3.58. The summed E-state index contributed by atoms with van der Waals surface area (Å²) >= 11 is 0. The molecule has 96 valence electrons. The Labute approximate surface area is 111 Å². The lowest BCUT2D eigenvalue weighted by Gasteiger charge is -2.00. The Morgan fingerprint density at radius 2 is 2.21 bits per heavy atom. The average Bonchev–Trinajstić information content (AvgIpc) is 2.89. The smallest absolute Gasteiger partial charge is 0.140 e. The molecule has 0 spiro atoms. The lowest BCUT2D eigenvalue weighted by molar-refractivity contribution is 0.727. The van der Waals surface area contributed by atoms with Crippen LogP contribution >= 0.6 is 0 Å². The summed E-state index contributed by atoms with van der Waals surface area (Å²) in [5, 5.41) is 3.32. The maximum absolute atomic E-state index is 4.59. The lowest BCUT2D eigenvalue weighted by atomic mass is 10.2. The van der Waals surface area contributed by atoms with Crippen molar-refractivity contribution in [1.82, 2.24) is 20.3 Å². The maximum Gasteiger partial charge on any atom is 0.140 e. The van der Waals surface area contributed by atoms with Crippen LogP contribution in [0.15, 0.2) is 42.7 Å². The fraction of sp³-hybridized carbons (Fsp3) is 0.200. The van der Waals surface area contributed by atoms with E-state index in [0.717, 1.165) is 35.5 Å². The van der Waals surface area contributed by atoms with Crippen molar-refractivity contribution in [2.75, 3.05) is 6.54 Å². The number of aromatic nitrogens is 3. The van der Waals surface area contributed by atoms with Crippen LogP contribution in [0.25, 0.3) is 22.4 Å². The van der Waals surface area contributed by atoms with Crippen molar-refractivity contribution >= 4 is 11.0 Å². The summed E-state index contributed by atoms with van der Waals surface area (Å²) in [6.45, 7) is 3.96. The van der Waals surface area contributed by atoms with Gasteiger partial charge in [0.25, 0.3) is 0 Å². The van der Waals surface area contributed by atoms with Crippen molar-refractivity contribution in [3.8, 4) is 11.4 Å². The van der Waals surface area contributed by atoms with Crippen molar-refractivity contribution in [3.05, 3.63) is 48.3 Å². The number of imidazole rings is 1. The van der Waals surface area contributed by atoms with Gasteiger partial charge in [0.15, 0.2) is 0 Å². The number of nitrogens with zero attached hydrogens (tertiary/aromatic N) is 2. The molecule has 0 radical (unpaired) electrons. The maximum atomic E-state index is 4.59. The van der Waals surface area contributed by atoms with Crippen molar-refractivity contribution in [2.24, 2.45) is 0 Å². The molecule has 0 atom stereocenters. The zero-order chi connectivity index (χ0) is 13.1. The number of fused-ring (bicyclic) bond motifs is 1. The van der Waals surface area contributed by atoms with Crippen LogP contribution in [0.2, 0.25) is 0 Å². The molecule has 2 heterocycles. The first-order valence-electron chi connectivity index (χ1n) is 6.46. The standard InChI is InChI=1S/C15H16N4/c1-2-16-9-11-5-6-13-14(8-11)19-15(18-13)12-4-3-7-17-10-12/h3-8,10,16H,2,9H2,1H3,(H,18,19). The fourth-order valence-electron chi connectivity index (χ4n) is 2.08. The molecule has 0 aliphatic carbocycles. The van der Waals surface area contributed by atoms with E-state index in [2.05, 4.69) is 45.4 Å². The van der Waals surface area contributed by atoms with Crippen LogP contribution in [0.4, 0.5) is 0 Å². The molecule has 0 fully saturated rings. The third-order valence-corrected chi connectivity index (χ3v) is 3.06. The number of H-pyrrole nitrogens is 1. The van der Waals surface area contributed by atoms with Gasteiger partial charge >= 0.3 is 0 Å². The number of aromatic amines is 1. The molecule has 0 bridgehead atoms. The number of benzene rings is 1. The van der Waals surface area contributed by atoms with Gasteiger partial charge in [-0.2, -0.15) is 0 Å². The molecule has 0 aliphatic rings. The quantitative estimate of drug-likeness (QED) is 0.750. The fourth-order valence-corrected chi connectivity index (χ4v) is 2.08. The Morgan fingerprint density at radius 1 is 1.26 bits per heavy atom. The molecule has 4 nitrogen and oxygen atoms in total. The van der Waals surface area contributed by atoms with Gasteiger partial charge in [-0.3, -0.25) is 4.98 Å². The Kier molecular flexibility index (Phi) is 3.25. The first-order chi connectivity index (χ1) is 9.36. The molecule has 3 rings (SSSR count). The van der Waals surface area contributed by atoms with Crippen LogP contribution in [0.5, 0.6) is 0 Å². The molecule has 0 saturated carbocycles. The topological polar surface area (TPSA) is 53.6 Å². The summed E-state index contributed by atoms with van der Waals surface area (Å²) in [5.74, 6) is 0.865. The third kappa shape index (κ3) is 2.48. The van der Waals surface area contributed by atoms with Gasteiger partial charge in [-0.15, -0.1) is 0 Å². The van der Waals surface area contributed by atoms with E-state index in [1.165, 1.54) is 5.56 Å². The highest BCUT2D eigenvalue weighted by Crippen LogP contribution is 2.20. The van der Waals surface area contributed by atoms with Gasteiger partial charge in [-0.25, -0.2) is 4.98 Å². The van der Waals surface area contributed by atoms with Gasteiger partial charge in [-0.05, 0) is 36.4 Å². The summed E-state index contributed by atoms with van der Waals surface area (Å²) in [6, 6.07) is 10.2. The van der Waals surface area contributed by atoms with E-state index in [0.29, 0.717) is 0 Å². The normalized spacial score (nSPS) is 11.0. The molecule has 4 heteroatoms.